The van der Waals surface area contributed by atoms with E-state index in [4.69, 9.17) is 0 Å². The van der Waals surface area contributed by atoms with Gasteiger partial charge in [-0.05, 0) is 30.7 Å². The maximum atomic E-state index is 13.5. The lowest BCUT2D eigenvalue weighted by Crippen LogP contribution is -2.13. The van der Waals surface area contributed by atoms with Crippen LogP contribution in [0.3, 0.4) is 0 Å². The number of amides is 1. The predicted molar refractivity (Wildman–Crippen MR) is 87.8 cm³/mol. The number of benzene rings is 1. The van der Waals surface area contributed by atoms with Crippen LogP contribution in [0.25, 0.3) is 10.2 Å². The zero-order chi connectivity index (χ0) is 17.3. The lowest BCUT2D eigenvalue weighted by molar-refractivity contribution is 0.0593. The highest BCUT2D eigenvalue weighted by atomic mass is 32.1. The van der Waals surface area contributed by atoms with Crippen LogP contribution in [0.4, 0.5) is 9.52 Å². The van der Waals surface area contributed by atoms with Gasteiger partial charge in [-0.3, -0.25) is 10.1 Å². The van der Waals surface area contributed by atoms with Crippen LogP contribution in [0.1, 0.15) is 26.4 Å². The Labute approximate surface area is 140 Å². The lowest BCUT2D eigenvalue weighted by Gasteiger charge is -2.02. The highest BCUT2D eigenvalue weighted by Crippen LogP contribution is 2.28. The number of rotatable bonds is 3. The van der Waals surface area contributed by atoms with Crippen molar-refractivity contribution in [2.45, 2.75) is 6.92 Å². The molecule has 0 aliphatic rings. The van der Waals surface area contributed by atoms with E-state index >= 15 is 0 Å². The van der Waals surface area contributed by atoms with E-state index in [1.165, 1.54) is 42.8 Å². The topological polar surface area (TPSA) is 81.2 Å². The van der Waals surface area contributed by atoms with E-state index in [-0.39, 0.29) is 17.1 Å². The molecule has 0 aliphatic heterocycles. The van der Waals surface area contributed by atoms with E-state index in [9.17, 15) is 14.0 Å². The van der Waals surface area contributed by atoms with Crippen molar-refractivity contribution >= 4 is 38.6 Å². The zero-order valence-electron chi connectivity index (χ0n) is 12.8. The van der Waals surface area contributed by atoms with E-state index in [1.807, 2.05) is 0 Å². The molecule has 3 aromatic rings. The highest BCUT2D eigenvalue weighted by Gasteiger charge is 2.13. The third-order valence-corrected chi connectivity index (χ3v) is 4.24. The second-order valence-electron chi connectivity index (χ2n) is 4.97. The molecule has 122 valence electrons. The van der Waals surface area contributed by atoms with Crippen molar-refractivity contribution in [3.8, 4) is 0 Å². The van der Waals surface area contributed by atoms with Crippen LogP contribution < -0.4 is 5.32 Å². The summed E-state index contributed by atoms with van der Waals surface area (Å²) in [7, 11) is 1.25. The van der Waals surface area contributed by atoms with E-state index in [2.05, 4.69) is 20.0 Å². The van der Waals surface area contributed by atoms with Crippen LogP contribution in [0.15, 0.2) is 30.5 Å². The largest absolute Gasteiger partial charge is 0.464 e. The number of carbonyl (C=O) groups excluding carboxylic acids is 2. The molecule has 0 atom stereocenters. The van der Waals surface area contributed by atoms with E-state index in [0.717, 1.165) is 4.70 Å². The summed E-state index contributed by atoms with van der Waals surface area (Å²) in [6.45, 7) is 1.67. The Morgan fingerprint density at radius 3 is 2.75 bits per heavy atom. The Morgan fingerprint density at radius 2 is 2.08 bits per heavy atom. The Kier molecular flexibility index (Phi) is 4.22. The quantitative estimate of drug-likeness (QED) is 0.737. The summed E-state index contributed by atoms with van der Waals surface area (Å²) in [5.41, 5.74) is 1.38. The van der Waals surface area contributed by atoms with Crippen LogP contribution in [-0.4, -0.2) is 29.0 Å². The molecule has 0 saturated heterocycles. The Balaban J connectivity index is 1.80. The van der Waals surface area contributed by atoms with Crippen molar-refractivity contribution in [2.75, 3.05) is 12.4 Å². The number of methoxy groups -OCH3 is 1. The molecule has 0 radical (unpaired) electrons. The average molecular weight is 345 g/mol. The molecule has 24 heavy (non-hydrogen) atoms. The van der Waals surface area contributed by atoms with Gasteiger partial charge in [0.25, 0.3) is 5.91 Å². The molecule has 0 saturated carbocycles. The minimum Gasteiger partial charge on any atom is -0.464 e. The maximum absolute atomic E-state index is 13.5. The highest BCUT2D eigenvalue weighted by molar-refractivity contribution is 7.22. The number of carbonyl (C=O) groups is 2. The molecule has 0 fully saturated rings. The molecule has 1 aromatic carbocycles. The number of halogens is 1. The number of esters is 1. The summed E-state index contributed by atoms with van der Waals surface area (Å²) >= 11 is 1.25. The smallest absolute Gasteiger partial charge is 0.356 e. The minimum atomic E-state index is -0.578. The van der Waals surface area contributed by atoms with Gasteiger partial charge in [-0.15, -0.1) is 0 Å². The molecular weight excluding hydrogens is 333 g/mol. The fraction of sp³-hybridized carbons (Fsp3) is 0.125. The summed E-state index contributed by atoms with van der Waals surface area (Å²) in [4.78, 5) is 31.6. The molecule has 0 spiro atoms. The molecule has 2 aromatic heterocycles. The number of pyridine rings is 1. The van der Waals surface area contributed by atoms with Crippen molar-refractivity contribution in [2.24, 2.45) is 0 Å². The van der Waals surface area contributed by atoms with Crippen molar-refractivity contribution in [3.63, 3.8) is 0 Å². The number of hydrogen-bond acceptors (Lipinski definition) is 6. The molecule has 1 amide bonds. The fourth-order valence-corrected chi connectivity index (χ4v) is 2.97. The second kappa shape index (κ2) is 6.32. The number of nitrogens with one attached hydrogen (secondary N) is 1. The molecular formula is C16H12FN3O3S. The number of ether oxygens (including phenoxy) is 1. The molecule has 6 nitrogen and oxygen atoms in total. The molecule has 3 rings (SSSR count). The molecule has 8 heteroatoms. The average Bonchev–Trinajstić information content (AvgIpc) is 2.95. The monoisotopic (exact) mass is 345 g/mol. The second-order valence-corrected chi connectivity index (χ2v) is 6.00. The Bertz CT molecular complexity index is 899. The van der Waals surface area contributed by atoms with Gasteiger partial charge in [0.15, 0.2) is 5.13 Å². The van der Waals surface area contributed by atoms with Crippen LogP contribution >= 0.6 is 11.3 Å². The minimum absolute atomic E-state index is 0.111. The number of thiazole rings is 1. The summed E-state index contributed by atoms with van der Waals surface area (Å²) in [5, 5.41) is 3.00. The molecule has 0 unspecified atom stereocenters. The molecule has 0 aliphatic carbocycles. The van der Waals surface area contributed by atoms with Gasteiger partial charge in [-0.2, -0.15) is 0 Å². The van der Waals surface area contributed by atoms with Gasteiger partial charge in [0.05, 0.1) is 22.9 Å². The number of anilines is 1. The normalized spacial score (nSPS) is 10.6. The van der Waals surface area contributed by atoms with Crippen molar-refractivity contribution < 1.29 is 18.7 Å². The first kappa shape index (κ1) is 16.0. The Hall–Kier alpha value is -2.87. The summed E-state index contributed by atoms with van der Waals surface area (Å²) in [5.74, 6) is -1.34. The van der Waals surface area contributed by atoms with Crippen molar-refractivity contribution in [1.29, 1.82) is 0 Å². The number of nitrogens with zero attached hydrogens (tertiary/aromatic N) is 2. The number of fused-ring (bicyclic) bond motifs is 1. The van der Waals surface area contributed by atoms with Crippen LogP contribution in [-0.2, 0) is 4.74 Å². The molecule has 0 bridgehead atoms. The fourth-order valence-electron chi connectivity index (χ4n) is 2.03. The Morgan fingerprint density at radius 1 is 1.29 bits per heavy atom. The van der Waals surface area contributed by atoms with E-state index in [1.54, 1.807) is 13.0 Å². The van der Waals surface area contributed by atoms with Gasteiger partial charge in [-0.25, -0.2) is 19.2 Å². The molecule has 2 heterocycles. The van der Waals surface area contributed by atoms with Crippen molar-refractivity contribution in [3.05, 3.63) is 53.1 Å². The van der Waals surface area contributed by atoms with Gasteiger partial charge in [0, 0.05) is 12.3 Å². The van der Waals surface area contributed by atoms with Crippen molar-refractivity contribution in [1.82, 2.24) is 9.97 Å². The van der Waals surface area contributed by atoms with Gasteiger partial charge in [-0.1, -0.05) is 11.3 Å². The third-order valence-electron chi connectivity index (χ3n) is 3.31. The summed E-state index contributed by atoms with van der Waals surface area (Å²) in [6.07, 6.45) is 1.28. The van der Waals surface area contributed by atoms with Crippen LogP contribution in [0.5, 0.6) is 0 Å². The standard InChI is InChI=1S/C16H12FN3O3S/c1-8-5-13-12(6-10(8)17)19-16(24-13)20-14(21)9-3-4-11(18-7-9)15(22)23-2/h3-7H,1-2H3,(H,19,20,21). The van der Waals surface area contributed by atoms with Gasteiger partial charge in [0.1, 0.15) is 11.5 Å². The van der Waals surface area contributed by atoms with E-state index in [0.29, 0.717) is 16.2 Å². The van der Waals surface area contributed by atoms with E-state index < -0.39 is 11.9 Å². The van der Waals surface area contributed by atoms with Gasteiger partial charge >= 0.3 is 5.97 Å². The lowest BCUT2D eigenvalue weighted by atomic mass is 10.2. The molecule has 1 N–H and O–H groups in total. The summed E-state index contributed by atoms with van der Waals surface area (Å²) < 4.78 is 18.9. The third kappa shape index (κ3) is 3.09. The number of aryl methyl sites for hydroxylation is 1. The van der Waals surface area contributed by atoms with Gasteiger partial charge < -0.3 is 4.74 Å². The van der Waals surface area contributed by atoms with Gasteiger partial charge in [0.2, 0.25) is 0 Å². The first-order valence-electron chi connectivity index (χ1n) is 6.90. The first-order valence-corrected chi connectivity index (χ1v) is 7.72. The number of aromatic nitrogens is 2. The zero-order valence-corrected chi connectivity index (χ0v) is 13.6. The maximum Gasteiger partial charge on any atom is 0.356 e. The summed E-state index contributed by atoms with van der Waals surface area (Å²) in [6, 6.07) is 5.89. The predicted octanol–water partition coefficient (Wildman–Crippen LogP) is 3.18. The van der Waals surface area contributed by atoms with Crippen LogP contribution in [0.2, 0.25) is 0 Å². The first-order chi connectivity index (χ1) is 11.5. The SMILES string of the molecule is COC(=O)c1ccc(C(=O)Nc2nc3cc(F)c(C)cc3s2)cn1. The number of hydrogen-bond donors (Lipinski definition) is 1. The van der Waals surface area contributed by atoms with Crippen LogP contribution in [0, 0.1) is 12.7 Å².